The Bertz CT molecular complexity index is 1660. The summed E-state index contributed by atoms with van der Waals surface area (Å²) >= 11 is 0. The Balaban J connectivity index is 1.79. The first-order valence-electron chi connectivity index (χ1n) is 14.8. The van der Waals surface area contributed by atoms with E-state index < -0.39 is 34.3 Å². The molecule has 2 amide bonds. The number of amides is 2. The van der Waals surface area contributed by atoms with Crippen molar-refractivity contribution in [3.05, 3.63) is 126 Å². The minimum atomic E-state index is -4.34. The molecule has 45 heavy (non-hydrogen) atoms. The van der Waals surface area contributed by atoms with E-state index in [1.54, 1.807) is 31.2 Å². The molecule has 0 aliphatic heterocycles. The quantitative estimate of drug-likeness (QED) is 0.198. The fourth-order valence-electron chi connectivity index (χ4n) is 4.87. The van der Waals surface area contributed by atoms with Crippen LogP contribution in [0.3, 0.4) is 0 Å². The van der Waals surface area contributed by atoms with E-state index in [2.05, 4.69) is 5.32 Å². The third-order valence-electron chi connectivity index (χ3n) is 7.21. The van der Waals surface area contributed by atoms with Crippen molar-refractivity contribution in [3.8, 4) is 5.75 Å². The number of nitrogens with one attached hydrogen (secondary N) is 1. The second-order valence-corrected chi connectivity index (χ2v) is 12.4. The standard InChI is InChI=1S/C35H38FN3O5S/c1-4-37-35(41)33(23-27-9-7-6-8-10-27)38(24-28-13-11-26(3)12-14-28)34(40)25-39(30-17-19-31(20-18-30)44-5-2)45(42,43)32-21-15-29(36)16-22-32/h6-22,33H,4-5,23-25H2,1-3H3,(H,37,41). The van der Waals surface area contributed by atoms with Crippen LogP contribution >= 0.6 is 0 Å². The van der Waals surface area contributed by atoms with Crippen LogP contribution < -0.4 is 14.4 Å². The van der Waals surface area contributed by atoms with Crippen LogP contribution in [0.15, 0.2) is 108 Å². The van der Waals surface area contributed by atoms with Crippen LogP contribution in [-0.2, 0) is 32.6 Å². The van der Waals surface area contributed by atoms with Crippen molar-refractivity contribution in [3.63, 3.8) is 0 Å². The molecule has 0 saturated heterocycles. The Morgan fingerprint density at radius 2 is 1.49 bits per heavy atom. The monoisotopic (exact) mass is 631 g/mol. The molecule has 0 heterocycles. The molecular weight excluding hydrogens is 593 g/mol. The highest BCUT2D eigenvalue weighted by molar-refractivity contribution is 7.92. The number of sulfonamides is 1. The fraction of sp³-hybridized carbons (Fsp3) is 0.257. The second-order valence-electron chi connectivity index (χ2n) is 10.5. The molecule has 0 fully saturated rings. The number of likely N-dealkylation sites (N-methyl/N-ethyl adjacent to an activating group) is 1. The number of nitrogens with zero attached hydrogens (tertiary/aromatic N) is 2. The van der Waals surface area contributed by atoms with E-state index in [-0.39, 0.29) is 29.5 Å². The molecule has 1 N–H and O–H groups in total. The van der Waals surface area contributed by atoms with Gasteiger partial charge in [-0.25, -0.2) is 12.8 Å². The summed E-state index contributed by atoms with van der Waals surface area (Å²) in [6, 6.07) is 26.8. The van der Waals surface area contributed by atoms with Gasteiger partial charge in [0.05, 0.1) is 17.2 Å². The zero-order valence-corrected chi connectivity index (χ0v) is 26.5. The molecule has 236 valence electrons. The van der Waals surface area contributed by atoms with Gasteiger partial charge in [0.1, 0.15) is 24.2 Å². The van der Waals surface area contributed by atoms with Gasteiger partial charge < -0.3 is 15.0 Å². The van der Waals surface area contributed by atoms with Gasteiger partial charge in [-0.1, -0.05) is 60.2 Å². The maximum atomic E-state index is 14.4. The molecule has 0 bridgehead atoms. The maximum absolute atomic E-state index is 14.4. The van der Waals surface area contributed by atoms with Crippen molar-refractivity contribution in [2.24, 2.45) is 0 Å². The minimum absolute atomic E-state index is 0.0709. The molecule has 1 unspecified atom stereocenters. The number of hydrogen-bond acceptors (Lipinski definition) is 5. The molecule has 0 aliphatic carbocycles. The van der Waals surface area contributed by atoms with Crippen molar-refractivity contribution in [1.82, 2.24) is 10.2 Å². The predicted molar refractivity (Wildman–Crippen MR) is 173 cm³/mol. The highest BCUT2D eigenvalue weighted by Crippen LogP contribution is 2.27. The highest BCUT2D eigenvalue weighted by Gasteiger charge is 2.34. The molecule has 0 spiro atoms. The molecule has 0 saturated carbocycles. The van der Waals surface area contributed by atoms with E-state index in [1.807, 2.05) is 68.4 Å². The Morgan fingerprint density at radius 3 is 2.09 bits per heavy atom. The van der Waals surface area contributed by atoms with Gasteiger partial charge in [0.25, 0.3) is 10.0 Å². The number of carbonyl (C=O) groups is 2. The third kappa shape index (κ3) is 8.69. The number of anilines is 1. The topological polar surface area (TPSA) is 96.0 Å². The van der Waals surface area contributed by atoms with Crippen LogP contribution in [0.4, 0.5) is 10.1 Å². The van der Waals surface area contributed by atoms with Crippen LogP contribution in [0.2, 0.25) is 0 Å². The Labute approximate surface area is 264 Å². The first-order valence-corrected chi connectivity index (χ1v) is 16.2. The molecule has 4 aromatic carbocycles. The Kier molecular flexibility index (Phi) is 11.3. The fourth-order valence-corrected chi connectivity index (χ4v) is 6.29. The van der Waals surface area contributed by atoms with E-state index in [0.29, 0.717) is 18.9 Å². The summed E-state index contributed by atoms with van der Waals surface area (Å²) in [6.45, 7) is 5.83. The predicted octanol–water partition coefficient (Wildman–Crippen LogP) is 5.50. The largest absolute Gasteiger partial charge is 0.494 e. The minimum Gasteiger partial charge on any atom is -0.494 e. The first-order chi connectivity index (χ1) is 21.6. The number of aryl methyl sites for hydroxylation is 1. The smallest absolute Gasteiger partial charge is 0.264 e. The molecule has 8 nitrogen and oxygen atoms in total. The summed E-state index contributed by atoms with van der Waals surface area (Å²) in [5.74, 6) is -0.988. The Hall–Kier alpha value is -4.70. The van der Waals surface area contributed by atoms with Gasteiger partial charge in [0.2, 0.25) is 11.8 Å². The molecule has 0 aliphatic rings. The van der Waals surface area contributed by atoms with Gasteiger partial charge in [0.15, 0.2) is 0 Å². The molecular formula is C35H38FN3O5S. The summed E-state index contributed by atoms with van der Waals surface area (Å²) < 4.78 is 48.3. The van der Waals surface area contributed by atoms with E-state index in [1.165, 1.54) is 4.90 Å². The van der Waals surface area contributed by atoms with Crippen molar-refractivity contribution >= 4 is 27.5 Å². The van der Waals surface area contributed by atoms with E-state index in [4.69, 9.17) is 4.74 Å². The van der Waals surface area contributed by atoms with Crippen LogP contribution in [-0.4, -0.2) is 50.9 Å². The highest BCUT2D eigenvalue weighted by atomic mass is 32.2. The summed E-state index contributed by atoms with van der Waals surface area (Å²) in [5.41, 5.74) is 2.88. The second kappa shape index (κ2) is 15.3. The van der Waals surface area contributed by atoms with Crippen molar-refractivity contribution in [2.45, 2.75) is 44.7 Å². The van der Waals surface area contributed by atoms with Gasteiger partial charge in [-0.15, -0.1) is 0 Å². The van der Waals surface area contributed by atoms with Gasteiger partial charge in [-0.05, 0) is 80.4 Å². The number of ether oxygens (including phenoxy) is 1. The van der Waals surface area contributed by atoms with Crippen LogP contribution in [0.5, 0.6) is 5.75 Å². The first kappa shape index (κ1) is 33.2. The van der Waals surface area contributed by atoms with Crippen molar-refractivity contribution in [1.29, 1.82) is 0 Å². The van der Waals surface area contributed by atoms with Crippen LogP contribution in [0.1, 0.15) is 30.5 Å². The zero-order chi connectivity index (χ0) is 32.4. The summed E-state index contributed by atoms with van der Waals surface area (Å²) in [5, 5.41) is 2.85. The summed E-state index contributed by atoms with van der Waals surface area (Å²) in [7, 11) is -4.34. The number of hydrogen-bond donors (Lipinski definition) is 1. The lowest BCUT2D eigenvalue weighted by Crippen LogP contribution is -2.53. The average Bonchev–Trinajstić information content (AvgIpc) is 3.03. The zero-order valence-electron chi connectivity index (χ0n) is 25.6. The average molecular weight is 632 g/mol. The molecule has 1 atom stereocenters. The molecule has 4 aromatic rings. The van der Waals surface area contributed by atoms with E-state index in [0.717, 1.165) is 45.3 Å². The van der Waals surface area contributed by atoms with Gasteiger partial charge in [0, 0.05) is 19.5 Å². The molecule has 0 radical (unpaired) electrons. The lowest BCUT2D eigenvalue weighted by atomic mass is 10.0. The normalized spacial score (nSPS) is 11.8. The number of halogens is 1. The van der Waals surface area contributed by atoms with Crippen LogP contribution in [0.25, 0.3) is 0 Å². The molecule has 10 heteroatoms. The van der Waals surface area contributed by atoms with Gasteiger partial charge in [-0.3, -0.25) is 13.9 Å². The van der Waals surface area contributed by atoms with Crippen LogP contribution in [0, 0.1) is 12.7 Å². The summed E-state index contributed by atoms with van der Waals surface area (Å²) in [4.78, 5) is 29.2. The van der Waals surface area contributed by atoms with Gasteiger partial charge >= 0.3 is 0 Å². The number of benzene rings is 4. The Morgan fingerprint density at radius 1 is 0.844 bits per heavy atom. The SMILES string of the molecule is CCNC(=O)C(Cc1ccccc1)N(Cc1ccc(C)cc1)C(=O)CN(c1ccc(OCC)cc1)S(=O)(=O)c1ccc(F)cc1. The maximum Gasteiger partial charge on any atom is 0.264 e. The lowest BCUT2D eigenvalue weighted by molar-refractivity contribution is -0.140. The third-order valence-corrected chi connectivity index (χ3v) is 9.00. The number of carbonyl (C=O) groups excluding carboxylic acids is 2. The number of rotatable bonds is 14. The lowest BCUT2D eigenvalue weighted by Gasteiger charge is -2.34. The molecule has 4 rings (SSSR count). The van der Waals surface area contributed by atoms with Gasteiger partial charge in [-0.2, -0.15) is 0 Å². The van der Waals surface area contributed by atoms with E-state index in [9.17, 15) is 22.4 Å². The van der Waals surface area contributed by atoms with E-state index >= 15 is 0 Å². The van der Waals surface area contributed by atoms with Crippen molar-refractivity contribution in [2.75, 3.05) is 24.0 Å². The summed E-state index contributed by atoms with van der Waals surface area (Å²) in [6.07, 6.45) is 0.220. The molecule has 0 aromatic heterocycles. The van der Waals surface area contributed by atoms with Crippen molar-refractivity contribution < 1.29 is 27.1 Å².